The fourth-order valence-corrected chi connectivity index (χ4v) is 1.34. The normalized spacial score (nSPS) is 10.5. The molecule has 0 aliphatic heterocycles. The SMILES string of the molecule is CCOC(=O)c1cc(F)c2cn[nH]c2c1. The van der Waals surface area contributed by atoms with Crippen LogP contribution in [0.2, 0.25) is 0 Å². The number of aromatic amines is 1. The number of aromatic nitrogens is 2. The molecule has 4 nitrogen and oxygen atoms in total. The largest absolute Gasteiger partial charge is 0.462 e. The molecule has 5 heteroatoms. The molecule has 0 aliphatic rings. The third kappa shape index (κ3) is 1.68. The van der Waals surface area contributed by atoms with Crippen LogP contribution in [0, 0.1) is 5.82 Å². The van der Waals surface area contributed by atoms with E-state index in [-0.39, 0.29) is 12.2 Å². The number of hydrogen-bond acceptors (Lipinski definition) is 3. The minimum Gasteiger partial charge on any atom is -0.462 e. The molecule has 0 aliphatic carbocycles. The average molecular weight is 208 g/mol. The molecule has 0 bridgehead atoms. The summed E-state index contributed by atoms with van der Waals surface area (Å²) in [7, 11) is 0. The molecule has 1 N–H and O–H groups in total. The van der Waals surface area contributed by atoms with Crippen molar-refractivity contribution >= 4 is 16.9 Å². The van der Waals surface area contributed by atoms with Crippen molar-refractivity contribution in [2.75, 3.05) is 6.61 Å². The van der Waals surface area contributed by atoms with Gasteiger partial charge in [0.25, 0.3) is 0 Å². The zero-order valence-electron chi connectivity index (χ0n) is 8.08. The smallest absolute Gasteiger partial charge is 0.338 e. The molecule has 1 aromatic carbocycles. The van der Waals surface area contributed by atoms with Crippen molar-refractivity contribution in [3.05, 3.63) is 29.7 Å². The van der Waals surface area contributed by atoms with E-state index in [1.807, 2.05) is 0 Å². The van der Waals surface area contributed by atoms with Crippen LogP contribution >= 0.6 is 0 Å². The fourth-order valence-electron chi connectivity index (χ4n) is 1.34. The molecule has 1 heterocycles. The van der Waals surface area contributed by atoms with E-state index < -0.39 is 11.8 Å². The molecule has 0 saturated carbocycles. The Morgan fingerprint density at radius 3 is 3.13 bits per heavy atom. The van der Waals surface area contributed by atoms with Crippen LogP contribution in [0.3, 0.4) is 0 Å². The molecule has 2 rings (SSSR count). The highest BCUT2D eigenvalue weighted by Crippen LogP contribution is 2.18. The van der Waals surface area contributed by atoms with Crippen LogP contribution in [0.4, 0.5) is 4.39 Å². The lowest BCUT2D eigenvalue weighted by atomic mass is 10.1. The minimum atomic E-state index is -0.534. The summed E-state index contributed by atoms with van der Waals surface area (Å²) in [6, 6.07) is 2.67. The number of fused-ring (bicyclic) bond motifs is 1. The van der Waals surface area contributed by atoms with Crippen molar-refractivity contribution in [2.24, 2.45) is 0 Å². The summed E-state index contributed by atoms with van der Waals surface area (Å²) in [5, 5.41) is 6.66. The van der Waals surface area contributed by atoms with Gasteiger partial charge in [-0.3, -0.25) is 5.10 Å². The highest BCUT2D eigenvalue weighted by atomic mass is 19.1. The first-order valence-electron chi connectivity index (χ1n) is 4.52. The predicted molar refractivity (Wildman–Crippen MR) is 52.0 cm³/mol. The van der Waals surface area contributed by atoms with Crippen molar-refractivity contribution < 1.29 is 13.9 Å². The monoisotopic (exact) mass is 208 g/mol. The lowest BCUT2D eigenvalue weighted by molar-refractivity contribution is 0.0526. The molecular weight excluding hydrogens is 199 g/mol. The zero-order valence-corrected chi connectivity index (χ0v) is 8.08. The van der Waals surface area contributed by atoms with Crippen molar-refractivity contribution in [1.82, 2.24) is 10.2 Å². The molecule has 0 radical (unpaired) electrons. The number of nitrogens with zero attached hydrogens (tertiary/aromatic N) is 1. The van der Waals surface area contributed by atoms with Crippen LogP contribution in [0.15, 0.2) is 18.3 Å². The Morgan fingerprint density at radius 1 is 1.60 bits per heavy atom. The Kier molecular flexibility index (Phi) is 2.37. The maximum Gasteiger partial charge on any atom is 0.338 e. The van der Waals surface area contributed by atoms with Gasteiger partial charge in [0.15, 0.2) is 0 Å². The fraction of sp³-hybridized carbons (Fsp3) is 0.200. The number of hydrogen-bond donors (Lipinski definition) is 1. The summed E-state index contributed by atoms with van der Waals surface area (Å²) >= 11 is 0. The van der Waals surface area contributed by atoms with Gasteiger partial charge in [0.2, 0.25) is 0 Å². The summed E-state index contributed by atoms with van der Waals surface area (Å²) in [5.41, 5.74) is 0.671. The van der Waals surface area contributed by atoms with E-state index in [9.17, 15) is 9.18 Å². The van der Waals surface area contributed by atoms with Crippen LogP contribution < -0.4 is 0 Å². The molecule has 15 heavy (non-hydrogen) atoms. The van der Waals surface area contributed by atoms with Gasteiger partial charge >= 0.3 is 5.97 Å². The number of ether oxygens (including phenoxy) is 1. The second-order valence-electron chi connectivity index (χ2n) is 3.01. The van der Waals surface area contributed by atoms with Gasteiger partial charge in [-0.2, -0.15) is 5.10 Å². The predicted octanol–water partition coefficient (Wildman–Crippen LogP) is 1.88. The molecule has 2 aromatic rings. The Morgan fingerprint density at radius 2 is 2.40 bits per heavy atom. The summed E-state index contributed by atoms with van der Waals surface area (Å²) in [5.74, 6) is -1.02. The number of rotatable bonds is 2. The summed E-state index contributed by atoms with van der Waals surface area (Å²) in [4.78, 5) is 11.3. The molecular formula is C10H9FN2O2. The van der Waals surface area contributed by atoms with E-state index in [0.29, 0.717) is 10.9 Å². The zero-order chi connectivity index (χ0) is 10.8. The lowest BCUT2D eigenvalue weighted by Gasteiger charge is -2.01. The van der Waals surface area contributed by atoms with Crippen molar-refractivity contribution in [3.63, 3.8) is 0 Å². The number of benzene rings is 1. The number of nitrogens with one attached hydrogen (secondary N) is 1. The molecule has 0 amide bonds. The van der Waals surface area contributed by atoms with E-state index in [1.54, 1.807) is 6.92 Å². The molecule has 0 atom stereocenters. The van der Waals surface area contributed by atoms with E-state index in [4.69, 9.17) is 4.74 Å². The van der Waals surface area contributed by atoms with Crippen LogP contribution in [0.25, 0.3) is 10.9 Å². The number of halogens is 1. The topological polar surface area (TPSA) is 55.0 Å². The summed E-state index contributed by atoms with van der Waals surface area (Å²) in [6.07, 6.45) is 1.37. The Labute approximate surface area is 85.0 Å². The van der Waals surface area contributed by atoms with Gasteiger partial charge < -0.3 is 4.74 Å². The molecule has 0 unspecified atom stereocenters. The summed E-state index contributed by atoms with van der Waals surface area (Å²) < 4.78 is 18.2. The third-order valence-electron chi connectivity index (χ3n) is 2.02. The van der Waals surface area contributed by atoms with Crippen LogP contribution in [-0.2, 0) is 4.74 Å². The quantitative estimate of drug-likeness (QED) is 0.766. The Bertz CT molecular complexity index is 507. The highest BCUT2D eigenvalue weighted by molar-refractivity contribution is 5.94. The Balaban J connectivity index is 2.49. The average Bonchev–Trinajstić information content (AvgIpc) is 2.66. The van der Waals surface area contributed by atoms with Gasteiger partial charge in [-0.05, 0) is 19.1 Å². The first-order chi connectivity index (χ1) is 7.22. The van der Waals surface area contributed by atoms with Crippen LogP contribution in [0.1, 0.15) is 17.3 Å². The van der Waals surface area contributed by atoms with Gasteiger partial charge in [-0.1, -0.05) is 0 Å². The molecule has 1 aromatic heterocycles. The van der Waals surface area contributed by atoms with E-state index in [2.05, 4.69) is 10.2 Å². The molecule has 0 fully saturated rings. The first kappa shape index (κ1) is 9.64. The maximum atomic E-state index is 13.4. The van der Waals surface area contributed by atoms with E-state index in [0.717, 1.165) is 6.07 Å². The van der Waals surface area contributed by atoms with Crippen LogP contribution in [-0.4, -0.2) is 22.8 Å². The van der Waals surface area contributed by atoms with Crippen LogP contribution in [0.5, 0.6) is 0 Å². The minimum absolute atomic E-state index is 0.186. The third-order valence-corrected chi connectivity index (χ3v) is 2.02. The lowest BCUT2D eigenvalue weighted by Crippen LogP contribution is -2.04. The number of esters is 1. The second-order valence-corrected chi connectivity index (χ2v) is 3.01. The standard InChI is InChI=1S/C10H9FN2O2/c1-2-15-10(14)6-3-8(11)7-5-12-13-9(7)4-6/h3-5H,2H2,1H3,(H,12,13). The van der Waals surface area contributed by atoms with Gasteiger partial charge in [0.1, 0.15) is 5.82 Å². The van der Waals surface area contributed by atoms with E-state index in [1.165, 1.54) is 12.3 Å². The van der Waals surface area contributed by atoms with Gasteiger partial charge in [-0.15, -0.1) is 0 Å². The van der Waals surface area contributed by atoms with Gasteiger partial charge in [0.05, 0.1) is 29.3 Å². The molecule has 0 spiro atoms. The molecule has 0 saturated heterocycles. The number of carbonyl (C=O) groups is 1. The van der Waals surface area contributed by atoms with Gasteiger partial charge in [0, 0.05) is 0 Å². The second kappa shape index (κ2) is 3.68. The molecule has 78 valence electrons. The summed E-state index contributed by atoms with van der Waals surface area (Å²) in [6.45, 7) is 1.96. The maximum absolute atomic E-state index is 13.4. The number of H-pyrrole nitrogens is 1. The van der Waals surface area contributed by atoms with Crippen molar-refractivity contribution in [2.45, 2.75) is 6.92 Å². The van der Waals surface area contributed by atoms with Crippen molar-refractivity contribution in [1.29, 1.82) is 0 Å². The Hall–Kier alpha value is -1.91. The number of carbonyl (C=O) groups excluding carboxylic acids is 1. The first-order valence-corrected chi connectivity index (χ1v) is 4.52. The highest BCUT2D eigenvalue weighted by Gasteiger charge is 2.11. The van der Waals surface area contributed by atoms with Crippen molar-refractivity contribution in [3.8, 4) is 0 Å². The van der Waals surface area contributed by atoms with E-state index >= 15 is 0 Å². The van der Waals surface area contributed by atoms with Gasteiger partial charge in [-0.25, -0.2) is 9.18 Å².